The lowest BCUT2D eigenvalue weighted by molar-refractivity contribution is -0.124. The van der Waals surface area contributed by atoms with Crippen LogP contribution in [-0.2, 0) is 4.79 Å². The van der Waals surface area contributed by atoms with Crippen LogP contribution in [0.2, 0.25) is 5.02 Å². The fourth-order valence-electron chi connectivity index (χ4n) is 1.05. The zero-order valence-corrected chi connectivity index (χ0v) is 9.25. The lowest BCUT2D eigenvalue weighted by atomic mass is 10.3. The number of aromatic nitrogens is 2. The molecule has 0 aliphatic carbocycles. The molecule has 4 nitrogen and oxygen atoms in total. The monoisotopic (exact) mass is 215 g/mol. The quantitative estimate of drug-likeness (QED) is 0.833. The third-order valence-electron chi connectivity index (χ3n) is 1.78. The van der Waals surface area contributed by atoms with Crippen molar-refractivity contribution in [2.24, 2.45) is 0 Å². The minimum absolute atomic E-state index is 0.0558. The van der Waals surface area contributed by atoms with Crippen LogP contribution in [0.4, 0.5) is 0 Å². The molecule has 0 aromatic carbocycles. The van der Waals surface area contributed by atoms with Crippen LogP contribution in [0, 0.1) is 0 Å². The van der Waals surface area contributed by atoms with Crippen molar-refractivity contribution in [2.75, 3.05) is 0 Å². The lowest BCUT2D eigenvalue weighted by Crippen LogP contribution is -2.35. The first-order chi connectivity index (χ1) is 6.50. The molecule has 1 atom stereocenters. The maximum absolute atomic E-state index is 11.5. The van der Waals surface area contributed by atoms with E-state index in [9.17, 15) is 4.79 Å². The minimum Gasteiger partial charge on any atom is -0.352 e. The fourth-order valence-corrected chi connectivity index (χ4v) is 1.20. The molecule has 0 bridgehead atoms. The van der Waals surface area contributed by atoms with E-state index in [1.165, 1.54) is 6.20 Å². The van der Waals surface area contributed by atoms with Crippen molar-refractivity contribution in [1.82, 2.24) is 15.1 Å². The second-order valence-electron chi connectivity index (χ2n) is 3.48. The summed E-state index contributed by atoms with van der Waals surface area (Å²) in [6, 6.07) is -0.194. The van der Waals surface area contributed by atoms with Gasteiger partial charge in [0.1, 0.15) is 6.04 Å². The minimum atomic E-state index is -0.329. The maximum Gasteiger partial charge on any atom is 0.244 e. The first-order valence-electron chi connectivity index (χ1n) is 4.50. The summed E-state index contributed by atoms with van der Waals surface area (Å²) in [5.41, 5.74) is 0. The van der Waals surface area contributed by atoms with Crippen LogP contribution >= 0.6 is 11.6 Å². The van der Waals surface area contributed by atoms with E-state index in [0.717, 1.165) is 0 Å². The predicted molar refractivity (Wildman–Crippen MR) is 55.2 cm³/mol. The normalized spacial score (nSPS) is 12.9. The molecule has 14 heavy (non-hydrogen) atoms. The number of hydrogen-bond acceptors (Lipinski definition) is 2. The second kappa shape index (κ2) is 4.46. The Morgan fingerprint density at radius 3 is 2.64 bits per heavy atom. The molecule has 5 heteroatoms. The van der Waals surface area contributed by atoms with Gasteiger partial charge in [-0.05, 0) is 20.8 Å². The molecule has 1 rings (SSSR count). The molecule has 0 spiro atoms. The van der Waals surface area contributed by atoms with Gasteiger partial charge in [-0.25, -0.2) is 0 Å². The van der Waals surface area contributed by atoms with Gasteiger partial charge >= 0.3 is 0 Å². The van der Waals surface area contributed by atoms with Gasteiger partial charge in [0.2, 0.25) is 5.91 Å². The first kappa shape index (κ1) is 11.0. The summed E-state index contributed by atoms with van der Waals surface area (Å²) in [5.74, 6) is -0.0558. The van der Waals surface area contributed by atoms with Gasteiger partial charge in [0.05, 0.1) is 11.2 Å². The van der Waals surface area contributed by atoms with Crippen LogP contribution in [-0.4, -0.2) is 21.7 Å². The third kappa shape index (κ3) is 2.73. The van der Waals surface area contributed by atoms with Crippen molar-refractivity contribution in [1.29, 1.82) is 0 Å². The number of nitrogens with zero attached hydrogens (tertiary/aromatic N) is 2. The molecule has 1 amide bonds. The summed E-state index contributed by atoms with van der Waals surface area (Å²) < 4.78 is 1.54. The zero-order chi connectivity index (χ0) is 10.7. The van der Waals surface area contributed by atoms with Gasteiger partial charge in [-0.1, -0.05) is 11.6 Å². The lowest BCUT2D eigenvalue weighted by Gasteiger charge is -2.14. The third-order valence-corrected chi connectivity index (χ3v) is 1.97. The highest BCUT2D eigenvalue weighted by atomic mass is 35.5. The van der Waals surface area contributed by atoms with Crippen molar-refractivity contribution < 1.29 is 4.79 Å². The Morgan fingerprint density at radius 2 is 2.21 bits per heavy atom. The van der Waals surface area contributed by atoms with Crippen molar-refractivity contribution in [3.8, 4) is 0 Å². The Hall–Kier alpha value is -1.03. The summed E-state index contributed by atoms with van der Waals surface area (Å²) >= 11 is 5.70. The predicted octanol–water partition coefficient (Wildman–Crippen LogP) is 1.62. The van der Waals surface area contributed by atoms with E-state index in [0.29, 0.717) is 5.02 Å². The Kier molecular flexibility index (Phi) is 3.52. The van der Waals surface area contributed by atoms with E-state index in [4.69, 9.17) is 11.6 Å². The number of halogens is 1. The highest BCUT2D eigenvalue weighted by Gasteiger charge is 2.15. The molecule has 0 aliphatic rings. The van der Waals surface area contributed by atoms with E-state index in [2.05, 4.69) is 10.4 Å². The van der Waals surface area contributed by atoms with Gasteiger partial charge in [-0.15, -0.1) is 0 Å². The van der Waals surface area contributed by atoms with Crippen LogP contribution in [0.1, 0.15) is 26.8 Å². The largest absolute Gasteiger partial charge is 0.352 e. The van der Waals surface area contributed by atoms with Crippen LogP contribution in [0.25, 0.3) is 0 Å². The molecule has 0 aliphatic heterocycles. The number of nitrogens with one attached hydrogen (secondary N) is 1. The topological polar surface area (TPSA) is 46.9 Å². The molecule has 1 aromatic heterocycles. The molecule has 0 radical (unpaired) electrons. The molecular weight excluding hydrogens is 202 g/mol. The van der Waals surface area contributed by atoms with Gasteiger partial charge in [0.15, 0.2) is 0 Å². The summed E-state index contributed by atoms with van der Waals surface area (Å²) in [6.07, 6.45) is 3.15. The zero-order valence-electron chi connectivity index (χ0n) is 8.49. The van der Waals surface area contributed by atoms with Crippen molar-refractivity contribution in [3.05, 3.63) is 17.4 Å². The molecule has 0 saturated carbocycles. The molecule has 0 fully saturated rings. The molecule has 1 unspecified atom stereocenters. The molecule has 0 saturated heterocycles. The van der Waals surface area contributed by atoms with Crippen LogP contribution in [0.3, 0.4) is 0 Å². The Balaban J connectivity index is 2.65. The summed E-state index contributed by atoms with van der Waals surface area (Å²) in [7, 11) is 0. The fraction of sp³-hybridized carbons (Fsp3) is 0.556. The number of amides is 1. The average molecular weight is 216 g/mol. The van der Waals surface area contributed by atoms with Crippen LogP contribution in [0.15, 0.2) is 12.4 Å². The van der Waals surface area contributed by atoms with Gasteiger partial charge in [-0.3, -0.25) is 9.48 Å². The summed E-state index contributed by atoms with van der Waals surface area (Å²) in [6.45, 7) is 5.61. The van der Waals surface area contributed by atoms with E-state index < -0.39 is 0 Å². The van der Waals surface area contributed by atoms with E-state index in [1.54, 1.807) is 17.8 Å². The maximum atomic E-state index is 11.5. The van der Waals surface area contributed by atoms with Crippen molar-refractivity contribution in [2.45, 2.75) is 32.9 Å². The summed E-state index contributed by atoms with van der Waals surface area (Å²) in [5, 5.41) is 7.31. The molecule has 1 heterocycles. The highest BCUT2D eigenvalue weighted by molar-refractivity contribution is 6.30. The van der Waals surface area contributed by atoms with Crippen LogP contribution in [0.5, 0.6) is 0 Å². The number of hydrogen-bond donors (Lipinski definition) is 1. The van der Waals surface area contributed by atoms with Gasteiger partial charge < -0.3 is 5.32 Å². The van der Waals surface area contributed by atoms with Crippen LogP contribution < -0.4 is 5.32 Å². The van der Waals surface area contributed by atoms with Gasteiger partial charge in [0.25, 0.3) is 0 Å². The highest BCUT2D eigenvalue weighted by Crippen LogP contribution is 2.10. The number of carbonyl (C=O) groups excluding carboxylic acids is 1. The molecule has 78 valence electrons. The first-order valence-corrected chi connectivity index (χ1v) is 4.88. The standard InChI is InChI=1S/C9H14ClN3O/c1-6(2)12-9(14)7(3)13-5-8(10)4-11-13/h4-7H,1-3H3,(H,12,14). The number of rotatable bonds is 3. The average Bonchev–Trinajstić information content (AvgIpc) is 2.49. The molecule has 1 N–H and O–H groups in total. The van der Waals surface area contributed by atoms with E-state index in [1.807, 2.05) is 13.8 Å². The van der Waals surface area contributed by atoms with Crippen molar-refractivity contribution in [3.63, 3.8) is 0 Å². The molecular formula is C9H14ClN3O. The Bertz CT molecular complexity index is 322. The second-order valence-corrected chi connectivity index (χ2v) is 3.91. The number of carbonyl (C=O) groups is 1. The molecule has 1 aromatic rings. The Morgan fingerprint density at radius 1 is 1.57 bits per heavy atom. The SMILES string of the molecule is CC(C)NC(=O)C(C)n1cc(Cl)cn1. The van der Waals surface area contributed by atoms with E-state index >= 15 is 0 Å². The van der Waals surface area contributed by atoms with Gasteiger partial charge in [-0.2, -0.15) is 5.10 Å². The van der Waals surface area contributed by atoms with E-state index in [-0.39, 0.29) is 18.0 Å². The van der Waals surface area contributed by atoms with Crippen molar-refractivity contribution >= 4 is 17.5 Å². The van der Waals surface area contributed by atoms with Gasteiger partial charge in [0, 0.05) is 12.2 Å². The Labute approximate surface area is 88.2 Å². The smallest absolute Gasteiger partial charge is 0.244 e. The summed E-state index contributed by atoms with van der Waals surface area (Å²) in [4.78, 5) is 11.5.